The maximum absolute atomic E-state index is 13.0. The number of amides is 1. The highest BCUT2D eigenvalue weighted by Gasteiger charge is 2.37. The molecule has 1 heterocycles. The number of nitrogens with zero attached hydrogens (tertiary/aromatic N) is 1. The zero-order valence-electron chi connectivity index (χ0n) is 14.6. The fourth-order valence-corrected chi connectivity index (χ4v) is 5.03. The summed E-state index contributed by atoms with van der Waals surface area (Å²) < 4.78 is 41.1. The first-order valence-electron chi connectivity index (χ1n) is 8.67. The van der Waals surface area contributed by atoms with Crippen molar-refractivity contribution in [3.8, 4) is 0 Å². The van der Waals surface area contributed by atoms with Gasteiger partial charge in [0, 0.05) is 17.6 Å². The van der Waals surface area contributed by atoms with Gasteiger partial charge in [0.2, 0.25) is 15.9 Å². The normalized spacial score (nSPS) is 18.2. The van der Waals surface area contributed by atoms with Crippen molar-refractivity contribution in [3.05, 3.63) is 64.4 Å². The third kappa shape index (κ3) is 4.75. The Morgan fingerprint density at radius 1 is 1.11 bits per heavy atom. The van der Waals surface area contributed by atoms with E-state index >= 15 is 0 Å². The molecule has 1 unspecified atom stereocenters. The van der Waals surface area contributed by atoms with Gasteiger partial charge in [-0.25, -0.2) is 12.8 Å². The Morgan fingerprint density at radius 2 is 1.78 bits per heavy atom. The average molecular weight is 455 g/mol. The molecule has 8 heteroatoms. The van der Waals surface area contributed by atoms with Gasteiger partial charge in [0.15, 0.2) is 0 Å². The van der Waals surface area contributed by atoms with Crippen molar-refractivity contribution in [2.45, 2.75) is 36.7 Å². The van der Waals surface area contributed by atoms with Crippen LogP contribution < -0.4 is 5.32 Å². The number of carbonyl (C=O) groups is 1. The first kappa shape index (κ1) is 20.0. The van der Waals surface area contributed by atoms with E-state index in [4.69, 9.17) is 0 Å². The quantitative estimate of drug-likeness (QED) is 0.751. The lowest BCUT2D eigenvalue weighted by Crippen LogP contribution is -2.51. The highest BCUT2D eigenvalue weighted by atomic mass is 79.9. The van der Waals surface area contributed by atoms with E-state index in [0.29, 0.717) is 13.0 Å². The maximum atomic E-state index is 13.0. The van der Waals surface area contributed by atoms with Gasteiger partial charge in [-0.2, -0.15) is 4.31 Å². The molecule has 0 aliphatic carbocycles. The molecule has 1 fully saturated rings. The minimum atomic E-state index is -3.76. The molecule has 1 N–H and O–H groups in total. The predicted octanol–water partition coefficient (Wildman–Crippen LogP) is 3.45. The summed E-state index contributed by atoms with van der Waals surface area (Å²) in [5.74, 6) is -0.677. The predicted molar refractivity (Wildman–Crippen MR) is 104 cm³/mol. The summed E-state index contributed by atoms with van der Waals surface area (Å²) in [6.45, 7) is 0.537. The zero-order valence-corrected chi connectivity index (χ0v) is 17.0. The van der Waals surface area contributed by atoms with Gasteiger partial charge in [0.1, 0.15) is 11.9 Å². The zero-order chi connectivity index (χ0) is 19.4. The van der Waals surface area contributed by atoms with Crippen LogP contribution in [0.3, 0.4) is 0 Å². The summed E-state index contributed by atoms with van der Waals surface area (Å²) in [4.78, 5) is 12.9. The van der Waals surface area contributed by atoms with E-state index in [1.54, 1.807) is 24.3 Å². The molecule has 0 aromatic heterocycles. The van der Waals surface area contributed by atoms with Gasteiger partial charge < -0.3 is 5.32 Å². The van der Waals surface area contributed by atoms with Crippen molar-refractivity contribution in [3.63, 3.8) is 0 Å². The van der Waals surface area contributed by atoms with Crippen LogP contribution in [0.15, 0.2) is 57.9 Å². The number of sulfonamides is 1. The number of hydrogen-bond donors (Lipinski definition) is 1. The number of nitrogens with one attached hydrogen (secondary N) is 1. The minimum Gasteiger partial charge on any atom is -0.351 e. The van der Waals surface area contributed by atoms with Crippen LogP contribution in [-0.2, 0) is 21.4 Å². The SMILES string of the molecule is O=C(NCc1ccc(F)cc1)C1CCCCN1S(=O)(=O)c1ccc(Br)cc1. The van der Waals surface area contributed by atoms with Gasteiger partial charge >= 0.3 is 0 Å². The highest BCUT2D eigenvalue weighted by molar-refractivity contribution is 9.10. The van der Waals surface area contributed by atoms with Crippen LogP contribution in [-0.4, -0.2) is 31.2 Å². The van der Waals surface area contributed by atoms with Gasteiger partial charge in [-0.15, -0.1) is 0 Å². The fourth-order valence-electron chi connectivity index (χ4n) is 3.11. The van der Waals surface area contributed by atoms with Crippen LogP contribution in [0.2, 0.25) is 0 Å². The minimum absolute atomic E-state index is 0.170. The van der Waals surface area contributed by atoms with Gasteiger partial charge in [-0.3, -0.25) is 4.79 Å². The van der Waals surface area contributed by atoms with E-state index in [9.17, 15) is 17.6 Å². The molecule has 144 valence electrons. The summed E-state index contributed by atoms with van der Waals surface area (Å²) >= 11 is 3.29. The van der Waals surface area contributed by atoms with E-state index in [0.717, 1.165) is 22.9 Å². The van der Waals surface area contributed by atoms with Crippen molar-refractivity contribution in [2.24, 2.45) is 0 Å². The van der Waals surface area contributed by atoms with E-state index in [-0.39, 0.29) is 23.2 Å². The molecule has 1 atom stereocenters. The van der Waals surface area contributed by atoms with Crippen LogP contribution in [0.5, 0.6) is 0 Å². The van der Waals surface area contributed by atoms with Crippen LogP contribution in [0.25, 0.3) is 0 Å². The van der Waals surface area contributed by atoms with Crippen LogP contribution in [0.4, 0.5) is 4.39 Å². The summed E-state index contributed by atoms with van der Waals surface area (Å²) in [5, 5.41) is 2.78. The number of piperidine rings is 1. The molecule has 1 saturated heterocycles. The number of carbonyl (C=O) groups excluding carboxylic acids is 1. The molecule has 27 heavy (non-hydrogen) atoms. The number of rotatable bonds is 5. The Morgan fingerprint density at radius 3 is 2.44 bits per heavy atom. The first-order valence-corrected chi connectivity index (χ1v) is 10.9. The van der Waals surface area contributed by atoms with E-state index in [1.165, 1.54) is 28.6 Å². The Hall–Kier alpha value is -1.77. The Labute approximate surface area is 166 Å². The lowest BCUT2D eigenvalue weighted by Gasteiger charge is -2.33. The largest absolute Gasteiger partial charge is 0.351 e. The van der Waals surface area contributed by atoms with Crippen LogP contribution in [0.1, 0.15) is 24.8 Å². The van der Waals surface area contributed by atoms with Crippen LogP contribution >= 0.6 is 15.9 Å². The number of hydrogen-bond acceptors (Lipinski definition) is 3. The molecule has 0 radical (unpaired) electrons. The lowest BCUT2D eigenvalue weighted by molar-refractivity contribution is -0.125. The molecule has 3 rings (SSSR count). The third-order valence-corrected chi connectivity index (χ3v) is 7.01. The molecule has 1 aliphatic heterocycles. The van der Waals surface area contributed by atoms with Gasteiger partial charge in [0.25, 0.3) is 0 Å². The second-order valence-corrected chi connectivity index (χ2v) is 9.23. The molecule has 5 nitrogen and oxygen atoms in total. The second kappa shape index (κ2) is 8.50. The standard InChI is InChI=1S/C19H20BrFN2O3S/c20-15-6-10-17(11-7-15)27(25,26)23-12-2-1-3-18(23)19(24)22-13-14-4-8-16(21)9-5-14/h4-11,18H,1-3,12-13H2,(H,22,24). The molecule has 0 bridgehead atoms. The summed E-state index contributed by atoms with van der Waals surface area (Å²) in [7, 11) is -3.76. The molecular formula is C19H20BrFN2O3S. The maximum Gasteiger partial charge on any atom is 0.243 e. The molecule has 0 saturated carbocycles. The summed E-state index contributed by atoms with van der Waals surface area (Å²) in [6, 6.07) is 11.5. The molecule has 0 spiro atoms. The molecule has 2 aromatic rings. The Bertz CT molecular complexity index is 902. The second-order valence-electron chi connectivity index (χ2n) is 6.43. The molecule has 2 aromatic carbocycles. The fraction of sp³-hybridized carbons (Fsp3) is 0.316. The Kier molecular flexibility index (Phi) is 6.29. The molecular weight excluding hydrogens is 435 g/mol. The van der Waals surface area contributed by atoms with Crippen molar-refractivity contribution < 1.29 is 17.6 Å². The number of halogens is 2. The Balaban J connectivity index is 1.75. The topological polar surface area (TPSA) is 66.5 Å². The van der Waals surface area contributed by atoms with E-state index in [1.807, 2.05) is 0 Å². The monoisotopic (exact) mass is 454 g/mol. The van der Waals surface area contributed by atoms with E-state index < -0.39 is 16.1 Å². The van der Waals surface area contributed by atoms with Crippen LogP contribution in [0, 0.1) is 5.82 Å². The van der Waals surface area contributed by atoms with Gasteiger partial charge in [-0.1, -0.05) is 34.5 Å². The van der Waals surface area contributed by atoms with Crippen molar-refractivity contribution >= 4 is 31.9 Å². The van der Waals surface area contributed by atoms with Crippen molar-refractivity contribution in [1.82, 2.24) is 9.62 Å². The van der Waals surface area contributed by atoms with Gasteiger partial charge in [-0.05, 0) is 54.8 Å². The average Bonchev–Trinajstić information content (AvgIpc) is 2.67. The van der Waals surface area contributed by atoms with Gasteiger partial charge in [0.05, 0.1) is 4.90 Å². The molecule has 1 aliphatic rings. The summed E-state index contributed by atoms with van der Waals surface area (Å²) in [6.07, 6.45) is 1.99. The van der Waals surface area contributed by atoms with Crippen molar-refractivity contribution in [1.29, 1.82) is 0 Å². The lowest BCUT2D eigenvalue weighted by atomic mass is 10.0. The van der Waals surface area contributed by atoms with E-state index in [2.05, 4.69) is 21.2 Å². The highest BCUT2D eigenvalue weighted by Crippen LogP contribution is 2.26. The number of benzene rings is 2. The third-order valence-electron chi connectivity index (χ3n) is 4.56. The first-order chi connectivity index (χ1) is 12.9. The molecule has 1 amide bonds. The smallest absolute Gasteiger partial charge is 0.243 e. The van der Waals surface area contributed by atoms with Crippen molar-refractivity contribution in [2.75, 3.05) is 6.54 Å². The summed E-state index contributed by atoms with van der Waals surface area (Å²) in [5.41, 5.74) is 0.753.